The molecule has 20 heavy (non-hydrogen) atoms. The topological polar surface area (TPSA) is 72.5 Å². The van der Waals surface area contributed by atoms with Crippen molar-refractivity contribution in [2.24, 2.45) is 0 Å². The molecule has 110 valence electrons. The predicted octanol–water partition coefficient (Wildman–Crippen LogP) is 0.473. The maximum Gasteiger partial charge on any atom is 0.250 e. The van der Waals surface area contributed by atoms with Gasteiger partial charge < -0.3 is 20.1 Å². The van der Waals surface area contributed by atoms with Crippen LogP contribution in [0.1, 0.15) is 19.4 Å². The molecule has 1 aliphatic rings. The SMILES string of the molecule is CC(C)Oc1ncccc1CNC(=O)C1CNCCO1. The molecule has 0 bridgehead atoms. The zero-order valence-corrected chi connectivity index (χ0v) is 11.9. The van der Waals surface area contributed by atoms with E-state index in [1.807, 2.05) is 26.0 Å². The number of pyridine rings is 1. The molecule has 0 aliphatic carbocycles. The van der Waals surface area contributed by atoms with Crippen LogP contribution in [0.4, 0.5) is 0 Å². The number of hydrogen-bond acceptors (Lipinski definition) is 5. The van der Waals surface area contributed by atoms with Crippen LogP contribution in [0.2, 0.25) is 0 Å². The highest BCUT2D eigenvalue weighted by Gasteiger charge is 2.21. The molecular formula is C14H21N3O3. The third-order valence-corrected chi connectivity index (χ3v) is 2.87. The van der Waals surface area contributed by atoms with Crippen molar-refractivity contribution in [2.75, 3.05) is 19.7 Å². The highest BCUT2D eigenvalue weighted by Crippen LogP contribution is 2.15. The highest BCUT2D eigenvalue weighted by atomic mass is 16.5. The Kier molecular flexibility index (Phi) is 5.31. The van der Waals surface area contributed by atoms with Gasteiger partial charge in [-0.2, -0.15) is 0 Å². The molecule has 2 N–H and O–H groups in total. The van der Waals surface area contributed by atoms with Crippen LogP contribution >= 0.6 is 0 Å². The number of rotatable bonds is 5. The van der Waals surface area contributed by atoms with Gasteiger partial charge in [-0.15, -0.1) is 0 Å². The monoisotopic (exact) mass is 279 g/mol. The first-order valence-electron chi connectivity index (χ1n) is 6.87. The van der Waals surface area contributed by atoms with Gasteiger partial charge in [-0.3, -0.25) is 4.79 Å². The summed E-state index contributed by atoms with van der Waals surface area (Å²) in [4.78, 5) is 16.2. The van der Waals surface area contributed by atoms with Crippen LogP contribution in [0.3, 0.4) is 0 Å². The van der Waals surface area contributed by atoms with Gasteiger partial charge in [0.25, 0.3) is 5.91 Å². The summed E-state index contributed by atoms with van der Waals surface area (Å²) in [5, 5.41) is 5.99. The van der Waals surface area contributed by atoms with Gasteiger partial charge in [-0.25, -0.2) is 4.98 Å². The lowest BCUT2D eigenvalue weighted by Gasteiger charge is -2.23. The fourth-order valence-corrected chi connectivity index (χ4v) is 1.92. The van der Waals surface area contributed by atoms with E-state index >= 15 is 0 Å². The summed E-state index contributed by atoms with van der Waals surface area (Å²) in [5.74, 6) is 0.446. The van der Waals surface area contributed by atoms with Gasteiger partial charge >= 0.3 is 0 Å². The Labute approximate surface area is 118 Å². The summed E-state index contributed by atoms with van der Waals surface area (Å²) >= 11 is 0. The van der Waals surface area contributed by atoms with Crippen LogP contribution in [0.5, 0.6) is 5.88 Å². The fraction of sp³-hybridized carbons (Fsp3) is 0.571. The molecule has 6 nitrogen and oxygen atoms in total. The van der Waals surface area contributed by atoms with Crippen LogP contribution in [0.25, 0.3) is 0 Å². The predicted molar refractivity (Wildman–Crippen MR) is 74.5 cm³/mol. The Morgan fingerprint density at radius 3 is 3.20 bits per heavy atom. The third kappa shape index (κ3) is 4.18. The average Bonchev–Trinajstić information content (AvgIpc) is 2.46. The third-order valence-electron chi connectivity index (χ3n) is 2.87. The highest BCUT2D eigenvalue weighted by molar-refractivity contribution is 5.81. The first kappa shape index (κ1) is 14.7. The minimum atomic E-state index is -0.421. The summed E-state index contributed by atoms with van der Waals surface area (Å²) in [7, 11) is 0. The number of amides is 1. The van der Waals surface area contributed by atoms with Gasteiger partial charge in [0.2, 0.25) is 5.88 Å². The van der Waals surface area contributed by atoms with E-state index in [0.717, 1.165) is 12.1 Å². The van der Waals surface area contributed by atoms with E-state index in [9.17, 15) is 4.79 Å². The molecule has 1 fully saturated rings. The number of carbonyl (C=O) groups is 1. The second-order valence-electron chi connectivity index (χ2n) is 4.92. The normalized spacial score (nSPS) is 18.9. The van der Waals surface area contributed by atoms with E-state index < -0.39 is 6.10 Å². The Balaban J connectivity index is 1.91. The lowest BCUT2D eigenvalue weighted by atomic mass is 10.2. The molecule has 1 saturated heterocycles. The van der Waals surface area contributed by atoms with E-state index in [1.54, 1.807) is 6.20 Å². The molecule has 2 rings (SSSR count). The quantitative estimate of drug-likeness (QED) is 0.820. The van der Waals surface area contributed by atoms with Gasteiger partial charge in [-0.1, -0.05) is 6.07 Å². The summed E-state index contributed by atoms with van der Waals surface area (Å²) < 4.78 is 11.0. The Morgan fingerprint density at radius 2 is 2.50 bits per heavy atom. The van der Waals surface area contributed by atoms with Crippen molar-refractivity contribution in [3.8, 4) is 5.88 Å². The number of nitrogens with one attached hydrogen (secondary N) is 2. The molecule has 1 unspecified atom stereocenters. The van der Waals surface area contributed by atoms with Crippen LogP contribution in [-0.4, -0.2) is 42.8 Å². The molecular weight excluding hydrogens is 258 g/mol. The van der Waals surface area contributed by atoms with Crippen molar-refractivity contribution in [3.05, 3.63) is 23.9 Å². The minimum Gasteiger partial charge on any atom is -0.475 e. The number of ether oxygens (including phenoxy) is 2. The summed E-state index contributed by atoms with van der Waals surface area (Å²) in [6.45, 7) is 6.17. The zero-order valence-electron chi connectivity index (χ0n) is 11.9. The van der Waals surface area contributed by atoms with Gasteiger partial charge in [0, 0.05) is 31.4 Å². The zero-order chi connectivity index (χ0) is 14.4. The van der Waals surface area contributed by atoms with Crippen molar-refractivity contribution in [3.63, 3.8) is 0 Å². The summed E-state index contributed by atoms with van der Waals surface area (Å²) in [5.41, 5.74) is 0.860. The largest absolute Gasteiger partial charge is 0.475 e. The van der Waals surface area contributed by atoms with Crippen LogP contribution < -0.4 is 15.4 Å². The molecule has 1 aromatic rings. The molecule has 1 atom stereocenters. The Morgan fingerprint density at radius 1 is 1.65 bits per heavy atom. The van der Waals surface area contributed by atoms with E-state index in [1.165, 1.54) is 0 Å². The maximum absolute atomic E-state index is 12.0. The number of carbonyl (C=O) groups excluding carboxylic acids is 1. The van der Waals surface area contributed by atoms with E-state index in [2.05, 4.69) is 15.6 Å². The van der Waals surface area contributed by atoms with Gasteiger partial charge in [0.1, 0.15) is 6.10 Å². The second-order valence-corrected chi connectivity index (χ2v) is 4.92. The summed E-state index contributed by atoms with van der Waals surface area (Å²) in [6.07, 6.45) is 1.30. The van der Waals surface area contributed by atoms with Crippen LogP contribution in [-0.2, 0) is 16.1 Å². The molecule has 0 saturated carbocycles. The first-order valence-corrected chi connectivity index (χ1v) is 6.87. The fourth-order valence-electron chi connectivity index (χ4n) is 1.92. The van der Waals surface area contributed by atoms with Crippen LogP contribution in [0, 0.1) is 0 Å². The molecule has 1 aromatic heterocycles. The lowest BCUT2D eigenvalue weighted by Crippen LogP contribution is -2.47. The van der Waals surface area contributed by atoms with Crippen molar-refractivity contribution in [1.82, 2.24) is 15.6 Å². The molecule has 0 spiro atoms. The standard InChI is InChI=1S/C14H21N3O3/c1-10(2)20-14-11(4-3-5-16-14)8-17-13(18)12-9-15-6-7-19-12/h3-5,10,12,15H,6-9H2,1-2H3,(H,17,18). The number of morpholine rings is 1. The van der Waals surface area contributed by atoms with Crippen LogP contribution in [0.15, 0.2) is 18.3 Å². The smallest absolute Gasteiger partial charge is 0.250 e. The maximum atomic E-state index is 12.0. The van der Waals surface area contributed by atoms with Crippen molar-refractivity contribution < 1.29 is 14.3 Å². The number of aromatic nitrogens is 1. The summed E-state index contributed by atoms with van der Waals surface area (Å²) in [6, 6.07) is 3.72. The molecule has 2 heterocycles. The molecule has 0 aromatic carbocycles. The van der Waals surface area contributed by atoms with Crippen molar-refractivity contribution in [1.29, 1.82) is 0 Å². The minimum absolute atomic E-state index is 0.0465. The van der Waals surface area contributed by atoms with Crippen molar-refractivity contribution in [2.45, 2.75) is 32.6 Å². The van der Waals surface area contributed by atoms with E-state index in [0.29, 0.717) is 25.6 Å². The van der Waals surface area contributed by atoms with E-state index in [-0.39, 0.29) is 12.0 Å². The molecule has 1 amide bonds. The second kappa shape index (κ2) is 7.21. The lowest BCUT2D eigenvalue weighted by molar-refractivity contribution is -0.134. The Bertz CT molecular complexity index is 445. The first-order chi connectivity index (χ1) is 9.66. The van der Waals surface area contributed by atoms with Crippen molar-refractivity contribution >= 4 is 5.91 Å². The molecule has 0 radical (unpaired) electrons. The number of hydrogen-bond donors (Lipinski definition) is 2. The molecule has 6 heteroatoms. The number of nitrogens with zero attached hydrogens (tertiary/aromatic N) is 1. The Hall–Kier alpha value is -1.66. The van der Waals surface area contributed by atoms with E-state index in [4.69, 9.17) is 9.47 Å². The van der Waals surface area contributed by atoms with Gasteiger partial charge in [0.05, 0.1) is 12.7 Å². The average molecular weight is 279 g/mol. The molecule has 1 aliphatic heterocycles. The van der Waals surface area contributed by atoms with Gasteiger partial charge in [-0.05, 0) is 19.9 Å². The van der Waals surface area contributed by atoms with Gasteiger partial charge in [0.15, 0.2) is 0 Å².